The van der Waals surface area contributed by atoms with E-state index in [1.807, 2.05) is 0 Å². The standard InChI is InChI=1S/C51H52N2/c1-51(2)47-19-11-9-17-43(47)44-31-30-42(34-48(44)51)52(39-15-7-4-8-16-39)40-26-23-37(24-27-40)38-25-32-50-46(33-38)45-18-10-12-20-49(45)53(50)41-28-21-36(22-29-41)35-13-5-3-6-14-35/h3-9,11,13-15,17,19,21-23,25-26,28-29,31-34,39,42-43,45,47,49H,10,12,16,18,20,24,27,30H2,1-2H3. The molecule has 0 bridgehead atoms. The third-order valence-electron chi connectivity index (χ3n) is 13.8. The molecule has 10 rings (SSSR count). The van der Waals surface area contributed by atoms with Crippen molar-refractivity contribution in [2.24, 2.45) is 17.3 Å². The van der Waals surface area contributed by atoms with Crippen molar-refractivity contribution in [3.05, 3.63) is 174 Å². The minimum Gasteiger partial charge on any atom is -0.361 e. The second kappa shape index (κ2) is 13.2. The Bertz CT molecular complexity index is 2150. The summed E-state index contributed by atoms with van der Waals surface area (Å²) in [5.41, 5.74) is 14.6. The average Bonchev–Trinajstić information content (AvgIpc) is 3.67. The van der Waals surface area contributed by atoms with Crippen LogP contribution >= 0.6 is 0 Å². The van der Waals surface area contributed by atoms with Crippen LogP contribution in [0.15, 0.2) is 163 Å². The van der Waals surface area contributed by atoms with E-state index in [1.165, 1.54) is 65.0 Å². The minimum absolute atomic E-state index is 0.143. The molecule has 0 radical (unpaired) electrons. The maximum Gasteiger partial charge on any atom is 0.0517 e. The van der Waals surface area contributed by atoms with Gasteiger partial charge in [-0.3, -0.25) is 0 Å². The molecule has 7 aliphatic rings. The number of fused-ring (bicyclic) bond motifs is 6. The summed E-state index contributed by atoms with van der Waals surface area (Å²) in [5, 5.41) is 0. The van der Waals surface area contributed by atoms with Gasteiger partial charge in [0.15, 0.2) is 0 Å². The highest BCUT2D eigenvalue weighted by atomic mass is 15.2. The van der Waals surface area contributed by atoms with E-state index in [1.54, 1.807) is 16.7 Å². The molecule has 1 heterocycles. The number of nitrogens with zero attached hydrogens (tertiary/aromatic N) is 2. The highest BCUT2D eigenvalue weighted by Gasteiger charge is 2.48. The van der Waals surface area contributed by atoms with Crippen molar-refractivity contribution in [2.75, 3.05) is 4.90 Å². The van der Waals surface area contributed by atoms with Gasteiger partial charge in [-0.25, -0.2) is 0 Å². The van der Waals surface area contributed by atoms with E-state index in [0.29, 0.717) is 35.9 Å². The molecule has 6 unspecified atom stereocenters. The van der Waals surface area contributed by atoms with Gasteiger partial charge in [-0.05, 0) is 119 Å². The lowest BCUT2D eigenvalue weighted by Gasteiger charge is -2.42. The van der Waals surface area contributed by atoms with Crippen LogP contribution in [-0.4, -0.2) is 23.0 Å². The number of rotatable bonds is 6. The molecular weight excluding hydrogens is 641 g/mol. The zero-order valence-corrected chi connectivity index (χ0v) is 31.4. The van der Waals surface area contributed by atoms with Crippen LogP contribution in [-0.2, 0) is 0 Å². The van der Waals surface area contributed by atoms with E-state index in [0.717, 1.165) is 25.7 Å². The minimum atomic E-state index is 0.143. The molecule has 266 valence electrons. The first-order chi connectivity index (χ1) is 26.0. The Balaban J connectivity index is 0.949. The Labute approximate surface area is 317 Å². The van der Waals surface area contributed by atoms with Gasteiger partial charge in [-0.1, -0.05) is 142 Å². The lowest BCUT2D eigenvalue weighted by molar-refractivity contribution is 0.234. The summed E-state index contributed by atoms with van der Waals surface area (Å²) in [6.07, 6.45) is 38.4. The fraction of sp³-hybridized carbons (Fsp3) is 0.333. The smallest absolute Gasteiger partial charge is 0.0517 e. The molecule has 0 N–H and O–H groups in total. The van der Waals surface area contributed by atoms with E-state index >= 15 is 0 Å². The van der Waals surface area contributed by atoms with Crippen molar-refractivity contribution in [2.45, 2.75) is 89.3 Å². The van der Waals surface area contributed by atoms with Gasteiger partial charge in [0.05, 0.1) is 12.1 Å². The number of hydrogen-bond donors (Lipinski definition) is 0. The maximum absolute atomic E-state index is 2.79. The molecule has 6 aliphatic carbocycles. The van der Waals surface area contributed by atoms with Gasteiger partial charge in [0, 0.05) is 34.9 Å². The maximum atomic E-state index is 2.79. The molecule has 3 aromatic carbocycles. The van der Waals surface area contributed by atoms with Crippen molar-refractivity contribution >= 4 is 16.9 Å². The first kappa shape index (κ1) is 32.8. The van der Waals surface area contributed by atoms with E-state index in [4.69, 9.17) is 0 Å². The summed E-state index contributed by atoms with van der Waals surface area (Å²) in [7, 11) is 0. The fourth-order valence-electron chi connectivity index (χ4n) is 11.1. The van der Waals surface area contributed by atoms with Crippen LogP contribution in [0.3, 0.4) is 0 Å². The summed E-state index contributed by atoms with van der Waals surface area (Å²) < 4.78 is 0. The molecule has 53 heavy (non-hydrogen) atoms. The summed E-state index contributed by atoms with van der Waals surface area (Å²) in [4.78, 5) is 5.47. The molecule has 0 saturated heterocycles. The SMILES string of the molecule is CC1(C)C2=CC(N(C3=CC=C(c4ccc5c(c4)C4CCCCC4N5c4ccc(-c5ccccc5)cc4)CC3)C3C=CC=CC3)CC=C2C2C=CC=CC21. The molecule has 1 aliphatic heterocycles. The molecule has 3 aromatic rings. The molecule has 0 amide bonds. The lowest BCUT2D eigenvalue weighted by Crippen LogP contribution is -2.42. The quantitative estimate of drug-likeness (QED) is 0.254. The highest BCUT2D eigenvalue weighted by molar-refractivity contribution is 5.79. The molecule has 2 nitrogen and oxygen atoms in total. The Morgan fingerprint density at radius 2 is 1.51 bits per heavy atom. The first-order valence-electron chi connectivity index (χ1n) is 20.4. The van der Waals surface area contributed by atoms with Crippen LogP contribution in [0.25, 0.3) is 16.7 Å². The fourth-order valence-corrected chi connectivity index (χ4v) is 11.1. The van der Waals surface area contributed by atoms with E-state index in [2.05, 4.69) is 169 Å². The van der Waals surface area contributed by atoms with E-state index < -0.39 is 0 Å². The lowest BCUT2D eigenvalue weighted by atomic mass is 9.75. The predicted molar refractivity (Wildman–Crippen MR) is 223 cm³/mol. The van der Waals surface area contributed by atoms with Crippen LogP contribution in [0.4, 0.5) is 11.4 Å². The van der Waals surface area contributed by atoms with Crippen molar-refractivity contribution in [3.63, 3.8) is 0 Å². The van der Waals surface area contributed by atoms with Crippen LogP contribution in [0.5, 0.6) is 0 Å². The normalized spacial score (nSPS) is 29.0. The topological polar surface area (TPSA) is 6.48 Å². The van der Waals surface area contributed by atoms with Gasteiger partial charge in [-0.15, -0.1) is 0 Å². The van der Waals surface area contributed by atoms with Crippen LogP contribution < -0.4 is 4.90 Å². The Hall–Kier alpha value is -4.82. The number of benzene rings is 3. The van der Waals surface area contributed by atoms with Gasteiger partial charge in [0.1, 0.15) is 0 Å². The summed E-state index contributed by atoms with van der Waals surface area (Å²) in [6, 6.07) is 28.8. The second-order valence-electron chi connectivity index (χ2n) is 17.0. The zero-order chi connectivity index (χ0) is 35.5. The predicted octanol–water partition coefficient (Wildman–Crippen LogP) is 12.8. The molecule has 2 saturated carbocycles. The summed E-state index contributed by atoms with van der Waals surface area (Å²) >= 11 is 0. The monoisotopic (exact) mass is 692 g/mol. The first-order valence-corrected chi connectivity index (χ1v) is 20.4. The molecule has 6 atom stereocenters. The summed E-state index contributed by atoms with van der Waals surface area (Å²) in [5.74, 6) is 1.69. The highest BCUT2D eigenvalue weighted by Crippen LogP contribution is 2.57. The third-order valence-corrected chi connectivity index (χ3v) is 13.8. The van der Waals surface area contributed by atoms with Crippen molar-refractivity contribution in [3.8, 4) is 11.1 Å². The van der Waals surface area contributed by atoms with Crippen LogP contribution in [0.2, 0.25) is 0 Å². The van der Waals surface area contributed by atoms with Gasteiger partial charge < -0.3 is 9.80 Å². The van der Waals surface area contributed by atoms with Gasteiger partial charge >= 0.3 is 0 Å². The van der Waals surface area contributed by atoms with Gasteiger partial charge in [-0.2, -0.15) is 0 Å². The molecule has 0 aromatic heterocycles. The van der Waals surface area contributed by atoms with E-state index in [9.17, 15) is 0 Å². The third kappa shape index (κ3) is 5.60. The van der Waals surface area contributed by atoms with Crippen molar-refractivity contribution < 1.29 is 0 Å². The Morgan fingerprint density at radius 1 is 0.717 bits per heavy atom. The molecule has 0 spiro atoms. The second-order valence-corrected chi connectivity index (χ2v) is 17.0. The van der Waals surface area contributed by atoms with Crippen molar-refractivity contribution in [1.29, 1.82) is 0 Å². The largest absolute Gasteiger partial charge is 0.361 e. The number of allylic oxidation sites excluding steroid dienone is 12. The van der Waals surface area contributed by atoms with Gasteiger partial charge in [0.2, 0.25) is 0 Å². The number of anilines is 2. The summed E-state index contributed by atoms with van der Waals surface area (Å²) in [6.45, 7) is 4.94. The Kier molecular flexibility index (Phi) is 8.19. The number of hydrogen-bond acceptors (Lipinski definition) is 2. The van der Waals surface area contributed by atoms with Crippen LogP contribution in [0, 0.1) is 17.3 Å². The van der Waals surface area contributed by atoms with E-state index in [-0.39, 0.29) is 5.41 Å². The molecule has 2 heteroatoms. The Morgan fingerprint density at radius 3 is 2.32 bits per heavy atom. The molecular formula is C51H52N2. The molecule has 2 fully saturated rings. The zero-order valence-electron chi connectivity index (χ0n) is 31.4. The van der Waals surface area contributed by atoms with Crippen molar-refractivity contribution in [1.82, 2.24) is 4.90 Å². The average molecular weight is 693 g/mol. The van der Waals surface area contributed by atoms with Gasteiger partial charge in [0.25, 0.3) is 0 Å². The van der Waals surface area contributed by atoms with Crippen LogP contribution in [0.1, 0.15) is 82.3 Å².